The highest BCUT2D eigenvalue weighted by Crippen LogP contribution is 2.27. The van der Waals surface area contributed by atoms with Gasteiger partial charge in [-0.1, -0.05) is 43.5 Å². The van der Waals surface area contributed by atoms with Crippen molar-refractivity contribution in [1.82, 2.24) is 5.32 Å². The van der Waals surface area contributed by atoms with Gasteiger partial charge in [0.25, 0.3) is 5.91 Å². The molecular weight excluding hydrogens is 350 g/mol. The molecule has 0 saturated heterocycles. The summed E-state index contributed by atoms with van der Waals surface area (Å²) in [5.41, 5.74) is 3.10. The van der Waals surface area contributed by atoms with Crippen LogP contribution in [0.25, 0.3) is 0 Å². The second-order valence-corrected chi connectivity index (χ2v) is 7.48. The van der Waals surface area contributed by atoms with Crippen molar-refractivity contribution in [2.24, 2.45) is 0 Å². The number of carbonyl (C=O) groups is 2. The molecular formula is C24H31NO3. The highest BCUT2D eigenvalue weighted by Gasteiger charge is 2.38. The molecule has 28 heavy (non-hydrogen) atoms. The van der Waals surface area contributed by atoms with Crippen LogP contribution in [0, 0.1) is 20.8 Å². The minimum atomic E-state index is -0.929. The summed E-state index contributed by atoms with van der Waals surface area (Å²) in [5, 5.41) is 3.08. The summed E-state index contributed by atoms with van der Waals surface area (Å²) in [5.74, 6) is 0.382. The molecule has 1 N–H and O–H groups in total. The number of ketones is 1. The van der Waals surface area contributed by atoms with Crippen molar-refractivity contribution in [2.75, 3.05) is 7.11 Å². The lowest BCUT2D eigenvalue weighted by molar-refractivity contribution is 0.0746. The van der Waals surface area contributed by atoms with E-state index < -0.39 is 5.54 Å². The zero-order valence-corrected chi connectivity index (χ0v) is 17.8. The largest absolute Gasteiger partial charge is 0.496 e. The molecule has 1 atom stereocenters. The molecule has 0 radical (unpaired) electrons. The van der Waals surface area contributed by atoms with Gasteiger partial charge < -0.3 is 10.1 Å². The predicted molar refractivity (Wildman–Crippen MR) is 113 cm³/mol. The van der Waals surface area contributed by atoms with Gasteiger partial charge in [-0.15, -0.1) is 0 Å². The second kappa shape index (κ2) is 9.05. The number of Topliss-reactive ketones (excluding diaryl/α,β-unsaturated/α-hetero) is 1. The van der Waals surface area contributed by atoms with E-state index in [-0.39, 0.29) is 11.7 Å². The molecule has 4 heteroatoms. The molecule has 2 rings (SSSR count). The van der Waals surface area contributed by atoms with Crippen LogP contribution in [0.2, 0.25) is 0 Å². The zero-order chi connectivity index (χ0) is 20.9. The lowest BCUT2D eigenvalue weighted by Crippen LogP contribution is -2.54. The Morgan fingerprint density at radius 2 is 1.68 bits per heavy atom. The van der Waals surface area contributed by atoms with Crippen LogP contribution in [0.4, 0.5) is 0 Å². The number of amides is 1. The van der Waals surface area contributed by atoms with Gasteiger partial charge in [-0.05, 0) is 57.9 Å². The molecule has 2 aromatic rings. The quantitative estimate of drug-likeness (QED) is 0.641. The smallest absolute Gasteiger partial charge is 0.252 e. The first-order valence-corrected chi connectivity index (χ1v) is 9.87. The summed E-state index contributed by atoms with van der Waals surface area (Å²) < 4.78 is 5.34. The number of hydrogen-bond donors (Lipinski definition) is 1. The maximum atomic E-state index is 13.5. The van der Waals surface area contributed by atoms with Gasteiger partial charge in [0.2, 0.25) is 0 Å². The normalized spacial score (nSPS) is 12.9. The predicted octanol–water partition coefficient (Wildman–Crippen LogP) is 5.18. The second-order valence-electron chi connectivity index (χ2n) is 7.48. The first-order chi connectivity index (χ1) is 13.3. The van der Waals surface area contributed by atoms with Crippen LogP contribution in [0.1, 0.15) is 70.5 Å². The van der Waals surface area contributed by atoms with Crippen LogP contribution in [0.5, 0.6) is 5.75 Å². The minimum Gasteiger partial charge on any atom is -0.496 e. The Labute approximate surface area is 168 Å². The molecule has 0 saturated carbocycles. The van der Waals surface area contributed by atoms with Crippen molar-refractivity contribution in [1.29, 1.82) is 0 Å². The van der Waals surface area contributed by atoms with Crippen LogP contribution < -0.4 is 10.1 Å². The number of benzene rings is 2. The third kappa shape index (κ3) is 4.44. The van der Waals surface area contributed by atoms with E-state index >= 15 is 0 Å². The standard InChI is InChI=1S/C24H31NO3/c1-7-12-24(8-2,22(26)19-14-16(3)13-17(4)15-19)25-23(27)20-10-9-11-21(28-6)18(20)5/h9-11,13-15H,7-8,12H2,1-6H3,(H,25,27). The molecule has 4 nitrogen and oxygen atoms in total. The van der Waals surface area contributed by atoms with Crippen LogP contribution in [-0.2, 0) is 0 Å². The Morgan fingerprint density at radius 3 is 2.21 bits per heavy atom. The van der Waals surface area contributed by atoms with Crippen LogP contribution >= 0.6 is 0 Å². The summed E-state index contributed by atoms with van der Waals surface area (Å²) in [6, 6.07) is 11.2. The third-order valence-electron chi connectivity index (χ3n) is 5.30. The lowest BCUT2D eigenvalue weighted by Gasteiger charge is -2.33. The van der Waals surface area contributed by atoms with Crippen molar-refractivity contribution < 1.29 is 14.3 Å². The summed E-state index contributed by atoms with van der Waals surface area (Å²) in [6.07, 6.45) is 1.91. The maximum Gasteiger partial charge on any atom is 0.252 e. The first kappa shape index (κ1) is 21.7. The number of carbonyl (C=O) groups excluding carboxylic acids is 2. The Hall–Kier alpha value is -2.62. The molecule has 0 fully saturated rings. The summed E-state index contributed by atoms with van der Waals surface area (Å²) in [6.45, 7) is 9.80. The maximum absolute atomic E-state index is 13.5. The van der Waals surface area contributed by atoms with Crippen molar-refractivity contribution in [3.63, 3.8) is 0 Å². The fraction of sp³-hybridized carbons (Fsp3) is 0.417. The number of aryl methyl sites for hydroxylation is 2. The number of methoxy groups -OCH3 is 1. The van der Waals surface area contributed by atoms with Gasteiger partial charge in [0, 0.05) is 16.7 Å². The van der Waals surface area contributed by atoms with E-state index in [1.54, 1.807) is 19.2 Å². The third-order valence-corrected chi connectivity index (χ3v) is 5.30. The molecule has 0 heterocycles. The van der Waals surface area contributed by atoms with E-state index in [0.29, 0.717) is 29.7 Å². The lowest BCUT2D eigenvalue weighted by atomic mass is 9.81. The highest BCUT2D eigenvalue weighted by molar-refractivity contribution is 6.07. The molecule has 2 aromatic carbocycles. The molecule has 0 aromatic heterocycles. The monoisotopic (exact) mass is 381 g/mol. The van der Waals surface area contributed by atoms with Gasteiger partial charge >= 0.3 is 0 Å². The molecule has 150 valence electrons. The van der Waals surface area contributed by atoms with E-state index in [0.717, 1.165) is 23.1 Å². The highest BCUT2D eigenvalue weighted by atomic mass is 16.5. The average Bonchev–Trinajstić information content (AvgIpc) is 2.66. The fourth-order valence-corrected chi connectivity index (χ4v) is 3.83. The Bertz CT molecular complexity index is 852. The number of ether oxygens (including phenoxy) is 1. The van der Waals surface area contributed by atoms with Gasteiger partial charge in [0.05, 0.1) is 7.11 Å². The molecule has 0 aliphatic carbocycles. The minimum absolute atomic E-state index is 0.0300. The van der Waals surface area contributed by atoms with Crippen molar-refractivity contribution in [3.05, 3.63) is 64.2 Å². The number of nitrogens with one attached hydrogen (secondary N) is 1. The topological polar surface area (TPSA) is 55.4 Å². The van der Waals surface area contributed by atoms with Gasteiger partial charge in [-0.2, -0.15) is 0 Å². The summed E-state index contributed by atoms with van der Waals surface area (Å²) in [7, 11) is 1.58. The van der Waals surface area contributed by atoms with Crippen LogP contribution in [-0.4, -0.2) is 24.3 Å². The SMILES string of the molecule is CCCC(CC)(NC(=O)c1cccc(OC)c1C)C(=O)c1cc(C)cc(C)c1. The van der Waals surface area contributed by atoms with E-state index in [9.17, 15) is 9.59 Å². The average molecular weight is 382 g/mol. The first-order valence-electron chi connectivity index (χ1n) is 9.87. The molecule has 0 bridgehead atoms. The molecule has 0 aliphatic rings. The van der Waals surface area contributed by atoms with Crippen molar-refractivity contribution >= 4 is 11.7 Å². The van der Waals surface area contributed by atoms with E-state index in [2.05, 4.69) is 5.32 Å². The van der Waals surface area contributed by atoms with Gasteiger partial charge in [0.15, 0.2) is 5.78 Å². The Balaban J connectivity index is 2.45. The Kier molecular flexibility index (Phi) is 7.00. The summed E-state index contributed by atoms with van der Waals surface area (Å²) in [4.78, 5) is 26.7. The van der Waals surface area contributed by atoms with E-state index in [1.165, 1.54) is 0 Å². The summed E-state index contributed by atoms with van der Waals surface area (Å²) >= 11 is 0. The number of hydrogen-bond acceptors (Lipinski definition) is 3. The van der Waals surface area contributed by atoms with Crippen molar-refractivity contribution in [2.45, 2.75) is 59.4 Å². The Morgan fingerprint density at radius 1 is 1.04 bits per heavy atom. The number of rotatable bonds is 8. The molecule has 1 unspecified atom stereocenters. The molecule has 0 spiro atoms. The van der Waals surface area contributed by atoms with Gasteiger partial charge in [-0.3, -0.25) is 9.59 Å². The van der Waals surface area contributed by atoms with Crippen LogP contribution in [0.15, 0.2) is 36.4 Å². The van der Waals surface area contributed by atoms with E-state index in [4.69, 9.17) is 4.74 Å². The van der Waals surface area contributed by atoms with Crippen molar-refractivity contribution in [3.8, 4) is 5.75 Å². The van der Waals surface area contributed by atoms with Gasteiger partial charge in [-0.25, -0.2) is 0 Å². The fourth-order valence-electron chi connectivity index (χ4n) is 3.83. The van der Waals surface area contributed by atoms with E-state index in [1.807, 2.05) is 58.9 Å². The van der Waals surface area contributed by atoms with Gasteiger partial charge in [0.1, 0.15) is 11.3 Å². The zero-order valence-electron chi connectivity index (χ0n) is 17.8. The molecule has 0 aliphatic heterocycles. The molecule has 1 amide bonds. The van der Waals surface area contributed by atoms with Crippen LogP contribution in [0.3, 0.4) is 0 Å².